The molecular formula is C20H20N6O2. The number of amides is 1. The number of benzene rings is 1. The fourth-order valence-electron chi connectivity index (χ4n) is 3.56. The van der Waals surface area contributed by atoms with Crippen molar-refractivity contribution in [3.63, 3.8) is 0 Å². The molecule has 1 aliphatic heterocycles. The average molecular weight is 376 g/mol. The Morgan fingerprint density at radius 2 is 2.14 bits per heavy atom. The van der Waals surface area contributed by atoms with E-state index in [1.807, 2.05) is 41.8 Å². The summed E-state index contributed by atoms with van der Waals surface area (Å²) >= 11 is 0. The van der Waals surface area contributed by atoms with Crippen molar-refractivity contribution in [1.82, 2.24) is 19.5 Å². The minimum atomic E-state index is -0.197. The highest BCUT2D eigenvalue weighted by molar-refractivity contribution is 6.12. The van der Waals surface area contributed by atoms with Crippen molar-refractivity contribution < 1.29 is 4.79 Å². The lowest BCUT2D eigenvalue weighted by Gasteiger charge is -2.09. The number of aliphatic imine (C=N–C) groups is 1. The van der Waals surface area contributed by atoms with E-state index in [0.717, 1.165) is 11.3 Å². The van der Waals surface area contributed by atoms with E-state index in [-0.39, 0.29) is 11.5 Å². The zero-order chi connectivity index (χ0) is 19.8. The fraction of sp³-hybridized carbons (Fsp3) is 0.250. The largest absolute Gasteiger partial charge is 0.313 e. The lowest BCUT2D eigenvalue weighted by molar-refractivity contribution is -0.116. The number of allylic oxidation sites excluding steroid dienone is 2. The molecule has 0 atom stereocenters. The molecule has 0 radical (unpaired) electrons. The second-order valence-electron chi connectivity index (χ2n) is 6.50. The van der Waals surface area contributed by atoms with Crippen molar-refractivity contribution in [2.24, 2.45) is 4.99 Å². The van der Waals surface area contributed by atoms with Gasteiger partial charge >= 0.3 is 0 Å². The third-order valence-electron chi connectivity index (χ3n) is 4.84. The maximum Gasteiger partial charge on any atom is 0.258 e. The highest BCUT2D eigenvalue weighted by Gasteiger charge is 2.30. The standard InChI is InChI=1S/C20H20N6O2/c1-4-5-16(21-3)17-18(26-9-8-25(12(2)27)20(26)24-17)13-6-7-15-14(10-13)19(28)23-11-22-15/h4-7,10-11H,8-9H2,1-3H3,(H,22,23,28)/b5-4-,21-16+. The summed E-state index contributed by atoms with van der Waals surface area (Å²) in [5.41, 5.74) is 3.49. The van der Waals surface area contributed by atoms with Crippen LogP contribution in [-0.4, -0.2) is 44.7 Å². The Bertz CT molecular complexity index is 1200. The molecule has 1 amide bonds. The molecule has 0 spiro atoms. The van der Waals surface area contributed by atoms with E-state index in [1.165, 1.54) is 13.3 Å². The van der Waals surface area contributed by atoms with E-state index in [2.05, 4.69) is 15.0 Å². The monoisotopic (exact) mass is 376 g/mol. The Balaban J connectivity index is 2.00. The van der Waals surface area contributed by atoms with Crippen LogP contribution in [0.2, 0.25) is 0 Å². The van der Waals surface area contributed by atoms with Gasteiger partial charge in [0.1, 0.15) is 5.69 Å². The minimum Gasteiger partial charge on any atom is -0.313 e. The molecule has 142 valence electrons. The first-order valence-corrected chi connectivity index (χ1v) is 9.01. The summed E-state index contributed by atoms with van der Waals surface area (Å²) in [6.45, 7) is 4.65. The van der Waals surface area contributed by atoms with Crippen LogP contribution in [0, 0.1) is 0 Å². The molecule has 3 heterocycles. The lowest BCUT2D eigenvalue weighted by atomic mass is 10.0. The number of aromatic amines is 1. The number of H-pyrrole nitrogens is 1. The molecule has 2 aromatic heterocycles. The molecule has 0 unspecified atom stereocenters. The molecule has 1 aliphatic rings. The van der Waals surface area contributed by atoms with Gasteiger partial charge in [0.25, 0.3) is 5.56 Å². The summed E-state index contributed by atoms with van der Waals surface area (Å²) in [4.78, 5) is 41.9. The topological polar surface area (TPSA) is 96.2 Å². The zero-order valence-electron chi connectivity index (χ0n) is 15.9. The molecule has 0 saturated carbocycles. The van der Waals surface area contributed by atoms with Crippen LogP contribution in [0.1, 0.15) is 19.5 Å². The van der Waals surface area contributed by atoms with E-state index in [0.29, 0.717) is 41.3 Å². The van der Waals surface area contributed by atoms with E-state index in [4.69, 9.17) is 4.98 Å². The van der Waals surface area contributed by atoms with E-state index in [9.17, 15) is 9.59 Å². The lowest BCUT2D eigenvalue weighted by Crippen LogP contribution is -2.26. The predicted molar refractivity (Wildman–Crippen MR) is 109 cm³/mol. The number of imidazole rings is 1. The third-order valence-corrected chi connectivity index (χ3v) is 4.84. The normalized spacial score (nSPS) is 14.2. The highest BCUT2D eigenvalue weighted by Crippen LogP contribution is 2.34. The van der Waals surface area contributed by atoms with Crippen LogP contribution in [0.25, 0.3) is 22.2 Å². The minimum absolute atomic E-state index is 0.0537. The van der Waals surface area contributed by atoms with Gasteiger partial charge in [-0.25, -0.2) is 9.97 Å². The van der Waals surface area contributed by atoms with E-state index in [1.54, 1.807) is 11.9 Å². The first kappa shape index (κ1) is 17.8. The number of carbonyl (C=O) groups is 1. The van der Waals surface area contributed by atoms with Crippen LogP contribution in [0.3, 0.4) is 0 Å². The Kier molecular flexibility index (Phi) is 4.38. The Labute approximate surface area is 161 Å². The molecule has 1 N–H and O–H groups in total. The number of rotatable bonds is 3. The van der Waals surface area contributed by atoms with Crippen LogP contribution in [0.15, 0.2) is 46.5 Å². The highest BCUT2D eigenvalue weighted by atomic mass is 16.2. The van der Waals surface area contributed by atoms with Crippen LogP contribution in [0.4, 0.5) is 5.95 Å². The summed E-state index contributed by atoms with van der Waals surface area (Å²) < 4.78 is 2.01. The predicted octanol–water partition coefficient (Wildman–Crippen LogP) is 2.15. The Morgan fingerprint density at radius 1 is 1.32 bits per heavy atom. The second kappa shape index (κ2) is 6.88. The molecule has 28 heavy (non-hydrogen) atoms. The van der Waals surface area contributed by atoms with E-state index < -0.39 is 0 Å². The molecule has 1 aromatic carbocycles. The Hall–Kier alpha value is -3.55. The molecule has 0 bridgehead atoms. The SMILES string of the molecule is C/C=C\C(=N/C)c1nc2n(c1-c1ccc3nc[nH]c(=O)c3c1)CCN2C(C)=O. The molecule has 0 aliphatic carbocycles. The maximum absolute atomic E-state index is 12.2. The number of nitrogens with one attached hydrogen (secondary N) is 1. The van der Waals surface area contributed by atoms with Crippen molar-refractivity contribution >= 4 is 28.5 Å². The number of fused-ring (bicyclic) bond motifs is 2. The van der Waals surface area contributed by atoms with Crippen molar-refractivity contribution in [2.75, 3.05) is 18.5 Å². The number of aromatic nitrogens is 4. The third kappa shape index (κ3) is 2.74. The first-order chi connectivity index (χ1) is 13.5. The number of hydrogen-bond donors (Lipinski definition) is 1. The quantitative estimate of drug-likeness (QED) is 0.709. The first-order valence-electron chi connectivity index (χ1n) is 9.01. The average Bonchev–Trinajstić information content (AvgIpc) is 3.25. The number of carbonyl (C=O) groups excluding carboxylic acids is 1. The summed E-state index contributed by atoms with van der Waals surface area (Å²) in [5, 5.41) is 0.504. The zero-order valence-corrected chi connectivity index (χ0v) is 15.9. The van der Waals surface area contributed by atoms with Crippen molar-refractivity contribution in [3.8, 4) is 11.3 Å². The van der Waals surface area contributed by atoms with Gasteiger partial charge in [0.05, 0.1) is 28.6 Å². The maximum atomic E-state index is 12.2. The van der Waals surface area contributed by atoms with Crippen LogP contribution in [0.5, 0.6) is 0 Å². The van der Waals surface area contributed by atoms with Crippen LogP contribution in [-0.2, 0) is 11.3 Å². The van der Waals surface area contributed by atoms with Crippen molar-refractivity contribution in [3.05, 3.63) is 52.7 Å². The van der Waals surface area contributed by atoms with Gasteiger partial charge in [-0.2, -0.15) is 0 Å². The molecular weight excluding hydrogens is 356 g/mol. The second-order valence-corrected chi connectivity index (χ2v) is 6.50. The van der Waals surface area contributed by atoms with E-state index >= 15 is 0 Å². The van der Waals surface area contributed by atoms with Gasteiger partial charge < -0.3 is 9.55 Å². The van der Waals surface area contributed by atoms with Crippen LogP contribution < -0.4 is 10.5 Å². The molecule has 3 aromatic rings. The van der Waals surface area contributed by atoms with Crippen molar-refractivity contribution in [2.45, 2.75) is 20.4 Å². The van der Waals surface area contributed by atoms with Gasteiger partial charge in [-0.3, -0.25) is 19.5 Å². The number of anilines is 1. The summed E-state index contributed by atoms with van der Waals surface area (Å²) in [5.74, 6) is 0.547. The van der Waals surface area contributed by atoms with Gasteiger partial charge in [0, 0.05) is 32.6 Å². The molecule has 0 fully saturated rings. The molecule has 8 heteroatoms. The smallest absolute Gasteiger partial charge is 0.258 e. The summed E-state index contributed by atoms with van der Waals surface area (Å²) in [6, 6.07) is 5.55. The van der Waals surface area contributed by atoms with Gasteiger partial charge in [0.2, 0.25) is 11.9 Å². The Morgan fingerprint density at radius 3 is 2.86 bits per heavy atom. The van der Waals surface area contributed by atoms with Crippen molar-refractivity contribution in [1.29, 1.82) is 0 Å². The van der Waals surface area contributed by atoms with Gasteiger partial charge in [-0.15, -0.1) is 0 Å². The van der Waals surface area contributed by atoms with Gasteiger partial charge in [-0.05, 0) is 25.1 Å². The number of nitrogens with zero attached hydrogens (tertiary/aromatic N) is 5. The summed E-state index contributed by atoms with van der Waals surface area (Å²) in [6.07, 6.45) is 5.17. The summed E-state index contributed by atoms with van der Waals surface area (Å²) in [7, 11) is 1.71. The van der Waals surface area contributed by atoms with Crippen LogP contribution >= 0.6 is 0 Å². The fourth-order valence-corrected chi connectivity index (χ4v) is 3.56. The van der Waals surface area contributed by atoms with Gasteiger partial charge in [0.15, 0.2) is 0 Å². The van der Waals surface area contributed by atoms with Gasteiger partial charge in [-0.1, -0.05) is 12.1 Å². The number of hydrogen-bond acceptors (Lipinski definition) is 5. The molecule has 0 saturated heterocycles. The molecule has 8 nitrogen and oxygen atoms in total. The molecule has 4 rings (SSSR count).